The number of benzene rings is 1. The van der Waals surface area contributed by atoms with E-state index in [9.17, 15) is 8.78 Å². The molecule has 1 aliphatic rings. The molecule has 0 saturated heterocycles. The first kappa shape index (κ1) is 19.8. The van der Waals surface area contributed by atoms with Crippen molar-refractivity contribution in [3.8, 4) is 0 Å². The zero-order valence-electron chi connectivity index (χ0n) is 15.5. The second-order valence-electron chi connectivity index (χ2n) is 7.08. The molecule has 2 atom stereocenters. The Labute approximate surface area is 175 Å². The number of rotatable bonds is 3. The lowest BCUT2D eigenvalue weighted by atomic mass is 10.1. The van der Waals surface area contributed by atoms with Gasteiger partial charge >= 0.3 is 0 Å². The van der Waals surface area contributed by atoms with E-state index >= 15 is 0 Å². The molecule has 0 spiro atoms. The summed E-state index contributed by atoms with van der Waals surface area (Å²) < 4.78 is 32.6. The van der Waals surface area contributed by atoms with E-state index in [0.29, 0.717) is 33.3 Å². The van der Waals surface area contributed by atoms with Gasteiger partial charge in [-0.25, -0.2) is 23.7 Å². The van der Waals surface area contributed by atoms with E-state index in [4.69, 9.17) is 16.0 Å². The molecule has 1 fully saturated rings. The average molecular weight is 437 g/mol. The van der Waals surface area contributed by atoms with Crippen LogP contribution in [0.25, 0.3) is 22.2 Å². The van der Waals surface area contributed by atoms with Crippen LogP contribution in [0.5, 0.6) is 0 Å². The Morgan fingerprint density at radius 3 is 2.72 bits per heavy atom. The topological polar surface area (TPSA) is 63.8 Å². The summed E-state index contributed by atoms with van der Waals surface area (Å²) in [5.74, 6) is -1.04. The van der Waals surface area contributed by atoms with Crippen LogP contribution in [0.3, 0.4) is 0 Å². The van der Waals surface area contributed by atoms with Gasteiger partial charge in [0.1, 0.15) is 11.8 Å². The number of aryl methyl sites for hydroxylation is 2. The Balaban J connectivity index is 0.00000205. The van der Waals surface area contributed by atoms with Crippen LogP contribution in [-0.4, -0.2) is 21.0 Å². The quantitative estimate of drug-likeness (QED) is 0.445. The van der Waals surface area contributed by atoms with Crippen molar-refractivity contribution in [2.45, 2.75) is 32.2 Å². The van der Waals surface area contributed by atoms with Crippen molar-refractivity contribution >= 4 is 52.0 Å². The summed E-state index contributed by atoms with van der Waals surface area (Å²) in [5, 5.41) is 4.68. The predicted octanol–water partition coefficient (Wildman–Crippen LogP) is 5.71. The summed E-state index contributed by atoms with van der Waals surface area (Å²) in [6.45, 7) is 3.73. The van der Waals surface area contributed by atoms with Gasteiger partial charge in [-0.2, -0.15) is 0 Å². The highest BCUT2D eigenvalue weighted by Gasteiger charge is 2.39. The normalized spacial score (nSPS) is 18.1. The van der Waals surface area contributed by atoms with E-state index in [1.807, 2.05) is 13.8 Å². The van der Waals surface area contributed by atoms with Crippen LogP contribution in [-0.2, 0) is 0 Å². The van der Waals surface area contributed by atoms with Crippen LogP contribution >= 0.6 is 24.0 Å². The van der Waals surface area contributed by atoms with Crippen LogP contribution in [0.1, 0.15) is 29.2 Å². The van der Waals surface area contributed by atoms with Crippen molar-refractivity contribution in [3.63, 3.8) is 0 Å². The molecule has 4 aromatic rings. The minimum Gasteiger partial charge on any atom is -0.432 e. The smallest absolute Gasteiger partial charge is 0.229 e. The maximum absolute atomic E-state index is 13.5. The van der Waals surface area contributed by atoms with Gasteiger partial charge in [-0.3, -0.25) is 0 Å². The Kier molecular flexibility index (Phi) is 4.83. The molecule has 0 radical (unpaired) electrons. The fraction of sp³-hybridized carbons (Fsp3) is 0.250. The third kappa shape index (κ3) is 3.18. The molecular weight excluding hydrogens is 421 g/mol. The van der Waals surface area contributed by atoms with Gasteiger partial charge in [0.15, 0.2) is 23.0 Å². The molecule has 5 rings (SSSR count). The SMILES string of the molecule is Cc1nc2oc3c(NC4CC4c4ccc(F)c(F)c4)ncnc3c2c(C)c1Cl.Cl. The highest BCUT2D eigenvalue weighted by molar-refractivity contribution is 6.33. The molecule has 1 N–H and O–H groups in total. The molecule has 150 valence electrons. The minimum atomic E-state index is -0.842. The third-order valence-electron chi connectivity index (χ3n) is 5.23. The lowest BCUT2D eigenvalue weighted by Gasteiger charge is -2.05. The van der Waals surface area contributed by atoms with Crippen molar-refractivity contribution in [2.75, 3.05) is 5.32 Å². The van der Waals surface area contributed by atoms with E-state index in [1.54, 1.807) is 6.07 Å². The maximum Gasteiger partial charge on any atom is 0.229 e. The number of aromatic nitrogens is 3. The molecule has 5 nitrogen and oxygen atoms in total. The van der Waals surface area contributed by atoms with Crippen molar-refractivity contribution in [3.05, 3.63) is 58.0 Å². The first-order valence-electron chi connectivity index (χ1n) is 8.85. The van der Waals surface area contributed by atoms with Gasteiger partial charge in [-0.1, -0.05) is 17.7 Å². The highest BCUT2D eigenvalue weighted by atomic mass is 35.5. The standard InChI is InChI=1S/C20H15ClF2N4O.ClH/c1-8-15-17-18(28-20(15)26-9(2)16(8)21)19(25-7-24-17)27-14-6-11(14)10-3-4-12(22)13(23)5-10;/h3-5,7,11,14H,6H2,1-2H3,(H,24,25,27);1H. The van der Waals surface area contributed by atoms with E-state index < -0.39 is 11.6 Å². The molecule has 0 aliphatic heterocycles. The largest absolute Gasteiger partial charge is 0.432 e. The van der Waals surface area contributed by atoms with Crippen LogP contribution in [0.2, 0.25) is 5.02 Å². The zero-order valence-corrected chi connectivity index (χ0v) is 17.0. The summed E-state index contributed by atoms with van der Waals surface area (Å²) in [6.07, 6.45) is 2.25. The summed E-state index contributed by atoms with van der Waals surface area (Å²) in [5.41, 5.74) is 3.92. The second kappa shape index (κ2) is 7.07. The van der Waals surface area contributed by atoms with E-state index in [-0.39, 0.29) is 24.4 Å². The number of pyridine rings is 1. The molecule has 29 heavy (non-hydrogen) atoms. The fourth-order valence-electron chi connectivity index (χ4n) is 3.64. The number of hydrogen-bond acceptors (Lipinski definition) is 5. The summed E-state index contributed by atoms with van der Waals surface area (Å²) >= 11 is 6.34. The zero-order chi connectivity index (χ0) is 19.6. The molecular formula is C20H16Cl2F2N4O. The Morgan fingerprint density at radius 1 is 1.17 bits per heavy atom. The Morgan fingerprint density at radius 2 is 1.97 bits per heavy atom. The van der Waals surface area contributed by atoms with Crippen molar-refractivity contribution in [1.29, 1.82) is 0 Å². The lowest BCUT2D eigenvalue weighted by Crippen LogP contribution is -2.06. The van der Waals surface area contributed by atoms with E-state index in [2.05, 4.69) is 20.3 Å². The number of halogens is 4. The van der Waals surface area contributed by atoms with Crippen molar-refractivity contribution in [2.24, 2.45) is 0 Å². The molecule has 3 aromatic heterocycles. The van der Waals surface area contributed by atoms with Crippen LogP contribution in [0.15, 0.2) is 28.9 Å². The van der Waals surface area contributed by atoms with Gasteiger partial charge in [0.05, 0.1) is 16.1 Å². The van der Waals surface area contributed by atoms with E-state index in [1.165, 1.54) is 12.4 Å². The maximum atomic E-state index is 13.5. The van der Waals surface area contributed by atoms with Crippen LogP contribution in [0.4, 0.5) is 14.6 Å². The van der Waals surface area contributed by atoms with Crippen molar-refractivity contribution in [1.82, 2.24) is 15.0 Å². The highest BCUT2D eigenvalue weighted by Crippen LogP contribution is 2.44. The number of nitrogens with one attached hydrogen (secondary N) is 1. The van der Waals surface area contributed by atoms with Gasteiger partial charge < -0.3 is 9.73 Å². The van der Waals surface area contributed by atoms with Gasteiger partial charge in [0.25, 0.3) is 0 Å². The molecule has 1 aliphatic carbocycles. The van der Waals surface area contributed by atoms with Gasteiger partial charge in [-0.05, 0) is 43.5 Å². The van der Waals surface area contributed by atoms with Gasteiger partial charge in [-0.15, -0.1) is 12.4 Å². The Bertz CT molecular complexity index is 1260. The predicted molar refractivity (Wildman–Crippen MR) is 110 cm³/mol. The summed E-state index contributed by atoms with van der Waals surface area (Å²) in [4.78, 5) is 13.1. The molecule has 2 unspecified atom stereocenters. The van der Waals surface area contributed by atoms with Crippen LogP contribution in [0, 0.1) is 25.5 Å². The van der Waals surface area contributed by atoms with Crippen molar-refractivity contribution < 1.29 is 13.2 Å². The number of nitrogens with zero attached hydrogens (tertiary/aromatic N) is 3. The monoisotopic (exact) mass is 436 g/mol. The second-order valence-corrected chi connectivity index (χ2v) is 7.46. The van der Waals surface area contributed by atoms with Crippen LogP contribution < -0.4 is 5.32 Å². The fourth-order valence-corrected chi connectivity index (χ4v) is 3.78. The summed E-state index contributed by atoms with van der Waals surface area (Å²) in [7, 11) is 0. The third-order valence-corrected chi connectivity index (χ3v) is 5.79. The number of hydrogen-bond donors (Lipinski definition) is 1. The number of furan rings is 1. The number of fused-ring (bicyclic) bond motifs is 3. The first-order chi connectivity index (χ1) is 13.4. The summed E-state index contributed by atoms with van der Waals surface area (Å²) in [6, 6.07) is 4.06. The minimum absolute atomic E-state index is 0. The Hall–Kier alpha value is -2.51. The molecule has 1 saturated carbocycles. The van der Waals surface area contributed by atoms with Gasteiger partial charge in [0, 0.05) is 12.0 Å². The molecule has 9 heteroatoms. The molecule has 1 aromatic carbocycles. The molecule has 0 amide bonds. The molecule has 0 bridgehead atoms. The van der Waals surface area contributed by atoms with E-state index in [0.717, 1.165) is 29.0 Å². The lowest BCUT2D eigenvalue weighted by molar-refractivity contribution is 0.507. The average Bonchev–Trinajstić information content (AvgIpc) is 3.33. The number of anilines is 1. The van der Waals surface area contributed by atoms with Gasteiger partial charge in [0.2, 0.25) is 5.71 Å². The first-order valence-corrected chi connectivity index (χ1v) is 9.23. The molecule has 3 heterocycles.